The molecular weight excluding hydrogens is 280 g/mol. The third-order valence-electron chi connectivity index (χ3n) is 2.47. The summed E-state index contributed by atoms with van der Waals surface area (Å²) in [6.07, 6.45) is 0. The van der Waals surface area contributed by atoms with Crippen LogP contribution in [-0.2, 0) is 14.6 Å². The Balaban J connectivity index is 3.02. The zero-order chi connectivity index (χ0) is 14.6. The van der Waals surface area contributed by atoms with Gasteiger partial charge in [-0.1, -0.05) is 0 Å². The van der Waals surface area contributed by atoms with E-state index in [0.29, 0.717) is 12.2 Å². The fraction of sp³-hybridized carbons (Fsp3) is 0.364. The van der Waals surface area contributed by atoms with Gasteiger partial charge >= 0.3 is 11.7 Å². The molecular formula is C11H13F2NO4S. The molecule has 0 saturated carbocycles. The molecule has 0 saturated heterocycles. The van der Waals surface area contributed by atoms with Crippen molar-refractivity contribution in [3.63, 3.8) is 0 Å². The van der Waals surface area contributed by atoms with Gasteiger partial charge in [-0.15, -0.1) is 0 Å². The molecule has 0 radical (unpaired) electrons. The van der Waals surface area contributed by atoms with Crippen LogP contribution in [0.5, 0.6) is 0 Å². The van der Waals surface area contributed by atoms with Crippen LogP contribution in [0, 0.1) is 0 Å². The fourth-order valence-electron chi connectivity index (χ4n) is 1.50. The van der Waals surface area contributed by atoms with Gasteiger partial charge < -0.3 is 10.0 Å². The van der Waals surface area contributed by atoms with Crippen LogP contribution in [0.4, 0.5) is 14.5 Å². The predicted molar refractivity (Wildman–Crippen MR) is 65.2 cm³/mol. The minimum absolute atomic E-state index is 0.253. The van der Waals surface area contributed by atoms with E-state index in [-0.39, 0.29) is 6.54 Å². The van der Waals surface area contributed by atoms with E-state index in [1.807, 2.05) is 0 Å². The summed E-state index contributed by atoms with van der Waals surface area (Å²) in [7, 11) is -4.62. The lowest BCUT2D eigenvalue weighted by Crippen LogP contribution is -2.29. The van der Waals surface area contributed by atoms with Gasteiger partial charge in [-0.3, -0.25) is 4.79 Å². The third kappa shape index (κ3) is 3.63. The van der Waals surface area contributed by atoms with E-state index in [1.54, 1.807) is 6.92 Å². The number of anilines is 1. The number of carboxylic acid groups (broad SMARTS) is 1. The number of hydrogen-bond acceptors (Lipinski definition) is 4. The van der Waals surface area contributed by atoms with Gasteiger partial charge in [0, 0.05) is 12.2 Å². The van der Waals surface area contributed by atoms with Crippen LogP contribution in [-0.4, -0.2) is 38.3 Å². The quantitative estimate of drug-likeness (QED) is 0.862. The van der Waals surface area contributed by atoms with E-state index in [9.17, 15) is 22.0 Å². The number of alkyl halides is 2. The summed E-state index contributed by atoms with van der Waals surface area (Å²) >= 11 is 0. The van der Waals surface area contributed by atoms with E-state index in [2.05, 4.69) is 0 Å². The summed E-state index contributed by atoms with van der Waals surface area (Å²) in [6.45, 7) is 1.87. The monoisotopic (exact) mass is 293 g/mol. The normalized spacial score (nSPS) is 11.6. The highest BCUT2D eigenvalue weighted by atomic mass is 32.2. The Bertz CT molecular complexity index is 542. The second-order valence-electron chi connectivity index (χ2n) is 3.71. The number of rotatable bonds is 6. The van der Waals surface area contributed by atoms with Crippen molar-refractivity contribution in [1.29, 1.82) is 0 Å². The standard InChI is InChI=1S/C11H13F2NO4S/c1-2-14(7-10(15)16)8-3-5-9(6-4-8)19(17,18)11(12)13/h3-6,11H,2,7H2,1H3,(H,15,16). The lowest BCUT2D eigenvalue weighted by Gasteiger charge is -2.20. The first-order valence-electron chi connectivity index (χ1n) is 5.38. The van der Waals surface area contributed by atoms with Crippen molar-refractivity contribution >= 4 is 21.5 Å². The number of carbonyl (C=O) groups is 1. The molecule has 0 atom stereocenters. The molecule has 0 aliphatic carbocycles. The van der Waals surface area contributed by atoms with E-state index in [4.69, 9.17) is 5.11 Å². The zero-order valence-electron chi connectivity index (χ0n) is 10.1. The number of sulfone groups is 1. The zero-order valence-corrected chi connectivity index (χ0v) is 10.9. The van der Waals surface area contributed by atoms with Gasteiger partial charge in [0.1, 0.15) is 6.54 Å². The summed E-state index contributed by atoms with van der Waals surface area (Å²) in [6, 6.07) is 4.70. The molecule has 8 heteroatoms. The Hall–Kier alpha value is -1.70. The van der Waals surface area contributed by atoms with Gasteiger partial charge in [0.15, 0.2) is 0 Å². The highest BCUT2D eigenvalue weighted by Crippen LogP contribution is 2.22. The van der Waals surface area contributed by atoms with Gasteiger partial charge in [-0.05, 0) is 31.2 Å². The van der Waals surface area contributed by atoms with Crippen LogP contribution in [0.2, 0.25) is 0 Å². The first kappa shape index (κ1) is 15.4. The van der Waals surface area contributed by atoms with E-state index in [1.165, 1.54) is 17.0 Å². The summed E-state index contributed by atoms with van der Waals surface area (Å²) in [5.74, 6) is -4.51. The smallest absolute Gasteiger partial charge is 0.341 e. The number of halogens is 2. The van der Waals surface area contributed by atoms with Crippen LogP contribution in [0.3, 0.4) is 0 Å². The van der Waals surface area contributed by atoms with Crippen molar-refractivity contribution in [3.05, 3.63) is 24.3 Å². The third-order valence-corrected chi connectivity index (χ3v) is 3.87. The molecule has 0 heterocycles. The molecule has 0 aliphatic rings. The summed E-state index contributed by atoms with van der Waals surface area (Å²) in [5, 5.41) is 8.70. The number of hydrogen-bond donors (Lipinski definition) is 1. The second-order valence-corrected chi connectivity index (χ2v) is 5.63. The Morgan fingerprint density at radius 2 is 1.84 bits per heavy atom. The molecule has 0 bridgehead atoms. The molecule has 1 rings (SSSR count). The largest absolute Gasteiger partial charge is 0.480 e. The van der Waals surface area contributed by atoms with Crippen molar-refractivity contribution in [3.8, 4) is 0 Å². The maximum absolute atomic E-state index is 12.3. The highest BCUT2D eigenvalue weighted by molar-refractivity contribution is 7.91. The molecule has 1 N–H and O–H groups in total. The minimum atomic E-state index is -4.62. The van der Waals surface area contributed by atoms with Gasteiger partial charge in [-0.2, -0.15) is 8.78 Å². The molecule has 0 aliphatic heterocycles. The summed E-state index contributed by atoms with van der Waals surface area (Å²) in [5.41, 5.74) is 0.457. The Kier molecular flexibility index (Phi) is 4.82. The fourth-order valence-corrected chi connectivity index (χ4v) is 2.22. The van der Waals surface area contributed by atoms with Crippen LogP contribution in [0.1, 0.15) is 6.92 Å². The van der Waals surface area contributed by atoms with Gasteiger partial charge in [0.25, 0.3) is 0 Å². The Morgan fingerprint density at radius 1 is 1.32 bits per heavy atom. The van der Waals surface area contributed by atoms with Crippen molar-refractivity contribution < 1.29 is 27.1 Å². The molecule has 0 amide bonds. The number of likely N-dealkylation sites (N-methyl/N-ethyl adjacent to an activating group) is 1. The number of carboxylic acids is 1. The van der Waals surface area contributed by atoms with Crippen molar-refractivity contribution in [1.82, 2.24) is 0 Å². The van der Waals surface area contributed by atoms with Gasteiger partial charge in [0.05, 0.1) is 4.90 Å². The van der Waals surface area contributed by atoms with Crippen molar-refractivity contribution in [2.24, 2.45) is 0 Å². The topological polar surface area (TPSA) is 74.7 Å². The molecule has 5 nitrogen and oxygen atoms in total. The lowest BCUT2D eigenvalue weighted by atomic mass is 10.3. The highest BCUT2D eigenvalue weighted by Gasteiger charge is 2.26. The maximum Gasteiger partial charge on any atom is 0.341 e. The molecule has 0 fully saturated rings. The van der Waals surface area contributed by atoms with Crippen molar-refractivity contribution in [2.75, 3.05) is 18.0 Å². The first-order chi connectivity index (χ1) is 8.78. The Morgan fingerprint density at radius 3 is 2.21 bits per heavy atom. The van der Waals surface area contributed by atoms with Crippen LogP contribution in [0.15, 0.2) is 29.2 Å². The molecule has 19 heavy (non-hydrogen) atoms. The average molecular weight is 293 g/mol. The number of aliphatic carboxylic acids is 1. The predicted octanol–water partition coefficient (Wildman–Crippen LogP) is 1.59. The number of benzene rings is 1. The van der Waals surface area contributed by atoms with Crippen LogP contribution >= 0.6 is 0 Å². The molecule has 106 valence electrons. The first-order valence-corrected chi connectivity index (χ1v) is 6.92. The van der Waals surface area contributed by atoms with Crippen LogP contribution < -0.4 is 4.90 Å². The number of nitrogens with zero attached hydrogens (tertiary/aromatic N) is 1. The minimum Gasteiger partial charge on any atom is -0.480 e. The molecule has 1 aromatic carbocycles. The molecule has 0 spiro atoms. The summed E-state index contributed by atoms with van der Waals surface area (Å²) in [4.78, 5) is 11.6. The lowest BCUT2D eigenvalue weighted by molar-refractivity contribution is -0.135. The SMILES string of the molecule is CCN(CC(=O)O)c1ccc(S(=O)(=O)C(F)F)cc1. The molecule has 0 aromatic heterocycles. The van der Waals surface area contributed by atoms with E-state index in [0.717, 1.165) is 12.1 Å². The van der Waals surface area contributed by atoms with Crippen LogP contribution in [0.25, 0.3) is 0 Å². The molecule has 1 aromatic rings. The average Bonchev–Trinajstić information content (AvgIpc) is 2.35. The Labute approximate surface area is 109 Å². The molecule has 0 unspecified atom stereocenters. The van der Waals surface area contributed by atoms with Gasteiger partial charge in [-0.25, -0.2) is 8.42 Å². The maximum atomic E-state index is 12.3. The van der Waals surface area contributed by atoms with E-state index < -0.39 is 26.5 Å². The van der Waals surface area contributed by atoms with Crippen molar-refractivity contribution in [2.45, 2.75) is 17.6 Å². The summed E-state index contributed by atoms with van der Waals surface area (Å²) < 4.78 is 47.0. The van der Waals surface area contributed by atoms with Gasteiger partial charge in [0.2, 0.25) is 9.84 Å². The van der Waals surface area contributed by atoms with E-state index >= 15 is 0 Å². The second kappa shape index (κ2) is 5.96.